The Hall–Kier alpha value is -1.17. The van der Waals surface area contributed by atoms with Gasteiger partial charge in [0.1, 0.15) is 11.6 Å². The predicted molar refractivity (Wildman–Crippen MR) is 77.5 cm³/mol. The van der Waals surface area contributed by atoms with E-state index in [1.165, 1.54) is 20.0 Å². The van der Waals surface area contributed by atoms with Crippen LogP contribution in [0.1, 0.15) is 48.5 Å². The summed E-state index contributed by atoms with van der Waals surface area (Å²) >= 11 is 1.87. The number of carbonyl (C=O) groups excluding carboxylic acids is 1. The van der Waals surface area contributed by atoms with Gasteiger partial charge in [-0.05, 0) is 19.1 Å². The van der Waals surface area contributed by atoms with Gasteiger partial charge in [0.05, 0.1) is 7.11 Å². The van der Waals surface area contributed by atoms with Crippen LogP contribution in [0.2, 0.25) is 0 Å². The summed E-state index contributed by atoms with van der Waals surface area (Å²) in [6.45, 7) is 2.03. The van der Waals surface area contributed by atoms with Crippen LogP contribution in [0.25, 0.3) is 0 Å². The highest BCUT2D eigenvalue weighted by Crippen LogP contribution is 2.40. The van der Waals surface area contributed by atoms with Crippen molar-refractivity contribution in [3.8, 4) is 0 Å². The van der Waals surface area contributed by atoms with Crippen LogP contribution >= 0.6 is 11.8 Å². The number of aromatic nitrogens is 2. The van der Waals surface area contributed by atoms with E-state index in [4.69, 9.17) is 10.5 Å². The maximum Gasteiger partial charge on any atom is 0.360 e. The second kappa shape index (κ2) is 5.86. The Morgan fingerprint density at radius 1 is 1.58 bits per heavy atom. The van der Waals surface area contributed by atoms with E-state index in [2.05, 4.69) is 15.8 Å². The normalized spacial score (nSPS) is 22.7. The molecule has 106 valence electrons. The number of rotatable bonds is 4. The number of hydrogen-bond donors (Lipinski definition) is 1. The Kier molecular flexibility index (Phi) is 4.39. The molecule has 1 heterocycles. The minimum atomic E-state index is -0.454. The molecule has 2 atom stereocenters. The molecule has 2 rings (SSSR count). The number of ether oxygens (including phenoxy) is 1. The number of nitrogens with zero attached hydrogens (tertiary/aromatic N) is 2. The van der Waals surface area contributed by atoms with Crippen molar-refractivity contribution in [3.05, 3.63) is 11.5 Å². The standard InChI is InChI=1S/C13H21N3O2S/c1-4-10-15-11(13(17)18-2)12(14)16(10)8-6-5-7-9(8)19-3/h8-9H,4-7,14H2,1-3H3. The first-order chi connectivity index (χ1) is 9.13. The van der Waals surface area contributed by atoms with E-state index in [-0.39, 0.29) is 5.69 Å². The average molecular weight is 283 g/mol. The Bertz CT molecular complexity index is 473. The molecule has 1 aromatic heterocycles. The van der Waals surface area contributed by atoms with Gasteiger partial charge in [-0.2, -0.15) is 11.8 Å². The Labute approximate surface area is 117 Å². The van der Waals surface area contributed by atoms with Crippen LogP contribution in [0.3, 0.4) is 0 Å². The number of carbonyl (C=O) groups is 1. The third-order valence-electron chi connectivity index (χ3n) is 3.77. The van der Waals surface area contributed by atoms with Gasteiger partial charge >= 0.3 is 5.97 Å². The van der Waals surface area contributed by atoms with Gasteiger partial charge in [0.25, 0.3) is 0 Å². The number of thioether (sulfide) groups is 1. The SMILES string of the molecule is CCc1nc(C(=O)OC)c(N)n1C1CCCC1SC. The molecule has 1 fully saturated rings. The fourth-order valence-corrected chi connectivity index (χ4v) is 3.81. The quantitative estimate of drug-likeness (QED) is 0.858. The number of hydrogen-bond acceptors (Lipinski definition) is 5. The summed E-state index contributed by atoms with van der Waals surface area (Å²) in [5.41, 5.74) is 6.40. The lowest BCUT2D eigenvalue weighted by Gasteiger charge is -2.22. The first-order valence-corrected chi connectivity index (χ1v) is 7.90. The number of esters is 1. The molecule has 0 spiro atoms. The molecule has 6 heteroatoms. The average Bonchev–Trinajstić information content (AvgIpc) is 3.01. The molecule has 1 aliphatic rings. The molecule has 5 nitrogen and oxygen atoms in total. The highest BCUT2D eigenvalue weighted by atomic mass is 32.2. The first-order valence-electron chi connectivity index (χ1n) is 6.61. The number of methoxy groups -OCH3 is 1. The minimum Gasteiger partial charge on any atom is -0.464 e. The second-order valence-electron chi connectivity index (χ2n) is 4.75. The van der Waals surface area contributed by atoms with E-state index < -0.39 is 5.97 Å². The molecule has 0 saturated heterocycles. The smallest absolute Gasteiger partial charge is 0.360 e. The summed E-state index contributed by atoms with van der Waals surface area (Å²) in [7, 11) is 1.35. The Balaban J connectivity index is 2.44. The maximum absolute atomic E-state index is 11.7. The van der Waals surface area contributed by atoms with E-state index in [9.17, 15) is 4.79 Å². The summed E-state index contributed by atoms with van der Waals surface area (Å²) in [6, 6.07) is 0.343. The molecule has 0 radical (unpaired) electrons. The molecular formula is C13H21N3O2S. The van der Waals surface area contributed by atoms with Crippen molar-refractivity contribution in [1.29, 1.82) is 0 Å². The molecule has 2 unspecified atom stereocenters. The highest BCUT2D eigenvalue weighted by molar-refractivity contribution is 7.99. The van der Waals surface area contributed by atoms with Gasteiger partial charge in [-0.1, -0.05) is 13.3 Å². The molecule has 1 aromatic rings. The lowest BCUT2D eigenvalue weighted by Crippen LogP contribution is -2.20. The molecule has 19 heavy (non-hydrogen) atoms. The van der Waals surface area contributed by atoms with Crippen molar-refractivity contribution in [3.63, 3.8) is 0 Å². The molecule has 1 aliphatic carbocycles. The number of nitrogen functional groups attached to an aromatic ring is 1. The summed E-state index contributed by atoms with van der Waals surface area (Å²) in [5.74, 6) is 0.878. The van der Waals surface area contributed by atoms with Crippen molar-refractivity contribution in [2.45, 2.75) is 43.9 Å². The van der Waals surface area contributed by atoms with Crippen LogP contribution < -0.4 is 5.73 Å². The fourth-order valence-electron chi connectivity index (χ4n) is 2.84. The fraction of sp³-hybridized carbons (Fsp3) is 0.692. The molecular weight excluding hydrogens is 262 g/mol. The number of anilines is 1. The van der Waals surface area contributed by atoms with E-state index in [1.807, 2.05) is 18.7 Å². The molecule has 2 N–H and O–H groups in total. The van der Waals surface area contributed by atoms with Gasteiger partial charge in [-0.15, -0.1) is 0 Å². The monoisotopic (exact) mass is 283 g/mol. The van der Waals surface area contributed by atoms with Gasteiger partial charge in [-0.25, -0.2) is 9.78 Å². The number of nitrogens with two attached hydrogens (primary N) is 1. The summed E-state index contributed by atoms with van der Waals surface area (Å²) < 4.78 is 6.80. The molecule has 0 bridgehead atoms. The number of imidazole rings is 1. The van der Waals surface area contributed by atoms with Crippen LogP contribution in [0, 0.1) is 0 Å². The minimum absolute atomic E-state index is 0.256. The van der Waals surface area contributed by atoms with Crippen molar-refractivity contribution in [2.24, 2.45) is 0 Å². The van der Waals surface area contributed by atoms with Gasteiger partial charge in [-0.3, -0.25) is 0 Å². The van der Waals surface area contributed by atoms with Crippen LogP contribution in [0.5, 0.6) is 0 Å². The van der Waals surface area contributed by atoms with Crippen molar-refractivity contribution < 1.29 is 9.53 Å². The van der Waals surface area contributed by atoms with Crippen LogP contribution in [0.15, 0.2) is 0 Å². The van der Waals surface area contributed by atoms with Crippen molar-refractivity contribution in [2.75, 3.05) is 19.1 Å². The van der Waals surface area contributed by atoms with Crippen LogP contribution in [-0.4, -0.2) is 34.1 Å². The molecule has 1 saturated carbocycles. The molecule has 0 aromatic carbocycles. The van der Waals surface area contributed by atoms with E-state index in [0.29, 0.717) is 17.1 Å². The van der Waals surface area contributed by atoms with Crippen molar-refractivity contribution >= 4 is 23.5 Å². The van der Waals surface area contributed by atoms with Gasteiger partial charge in [0.2, 0.25) is 0 Å². The highest BCUT2D eigenvalue weighted by Gasteiger charge is 2.32. The Morgan fingerprint density at radius 3 is 2.89 bits per heavy atom. The lowest BCUT2D eigenvalue weighted by atomic mass is 10.2. The zero-order chi connectivity index (χ0) is 14.0. The zero-order valence-corrected chi connectivity index (χ0v) is 12.5. The van der Waals surface area contributed by atoms with Crippen LogP contribution in [0.4, 0.5) is 5.82 Å². The Morgan fingerprint density at radius 2 is 2.32 bits per heavy atom. The van der Waals surface area contributed by atoms with Crippen LogP contribution in [-0.2, 0) is 11.2 Å². The van der Waals surface area contributed by atoms with Crippen molar-refractivity contribution in [1.82, 2.24) is 9.55 Å². The third-order valence-corrected chi connectivity index (χ3v) is 4.92. The maximum atomic E-state index is 11.7. The summed E-state index contributed by atoms with van der Waals surface area (Å²) in [6.07, 6.45) is 6.38. The number of aryl methyl sites for hydroxylation is 1. The van der Waals surface area contributed by atoms with Gasteiger partial charge < -0.3 is 15.0 Å². The lowest BCUT2D eigenvalue weighted by molar-refractivity contribution is 0.0595. The summed E-state index contributed by atoms with van der Waals surface area (Å²) in [5, 5.41) is 0.548. The predicted octanol–water partition coefficient (Wildman–Crippen LogP) is 2.27. The van der Waals surface area contributed by atoms with E-state index in [1.54, 1.807) is 0 Å². The third kappa shape index (κ3) is 2.45. The largest absolute Gasteiger partial charge is 0.464 e. The van der Waals surface area contributed by atoms with Gasteiger partial charge in [0, 0.05) is 17.7 Å². The zero-order valence-electron chi connectivity index (χ0n) is 11.7. The van der Waals surface area contributed by atoms with E-state index >= 15 is 0 Å². The van der Waals surface area contributed by atoms with E-state index in [0.717, 1.165) is 18.7 Å². The molecule has 0 amide bonds. The second-order valence-corrected chi connectivity index (χ2v) is 5.83. The topological polar surface area (TPSA) is 70.1 Å². The summed E-state index contributed by atoms with van der Waals surface area (Å²) in [4.78, 5) is 16.1. The molecule has 0 aliphatic heterocycles. The van der Waals surface area contributed by atoms with Gasteiger partial charge in [0.15, 0.2) is 5.69 Å². The first kappa shape index (κ1) is 14.2.